The number of hydrogen-bond acceptors (Lipinski definition) is 1. The third-order valence-corrected chi connectivity index (χ3v) is 3.40. The minimum Gasteiger partial charge on any atom is -0.481 e. The van der Waals surface area contributed by atoms with E-state index in [2.05, 4.69) is 37.3 Å². The number of carboxylic acid groups (broad SMARTS) is 1. The Hall–Kier alpha value is -1.31. The van der Waals surface area contributed by atoms with E-state index in [4.69, 9.17) is 5.11 Å². The zero-order chi connectivity index (χ0) is 13.2. The minimum absolute atomic E-state index is 0.320. The third kappa shape index (κ3) is 6.43. The van der Waals surface area contributed by atoms with Gasteiger partial charge in [-0.05, 0) is 24.3 Å². The monoisotopic (exact) mass is 248 g/mol. The lowest BCUT2D eigenvalue weighted by Gasteiger charge is -2.11. The second-order valence-electron chi connectivity index (χ2n) is 5.01. The average Bonchev–Trinajstić information content (AvgIpc) is 2.38. The number of hydrogen-bond donors (Lipinski definition) is 1. The Balaban J connectivity index is 2.03. The van der Waals surface area contributed by atoms with Crippen LogP contribution in [0.5, 0.6) is 0 Å². The van der Waals surface area contributed by atoms with Gasteiger partial charge in [0.1, 0.15) is 0 Å². The number of benzene rings is 1. The van der Waals surface area contributed by atoms with Crippen LogP contribution in [-0.2, 0) is 4.79 Å². The van der Waals surface area contributed by atoms with Gasteiger partial charge in [0.2, 0.25) is 0 Å². The largest absolute Gasteiger partial charge is 0.481 e. The number of aliphatic carboxylic acids is 1. The molecule has 2 nitrogen and oxygen atoms in total. The highest BCUT2D eigenvalue weighted by atomic mass is 16.4. The van der Waals surface area contributed by atoms with Gasteiger partial charge in [0.25, 0.3) is 0 Å². The molecule has 0 aliphatic rings. The van der Waals surface area contributed by atoms with Crippen LogP contribution in [0.3, 0.4) is 0 Å². The van der Waals surface area contributed by atoms with Gasteiger partial charge in [0.05, 0.1) is 0 Å². The summed E-state index contributed by atoms with van der Waals surface area (Å²) in [6.07, 6.45) is 7.04. The van der Waals surface area contributed by atoms with Crippen LogP contribution < -0.4 is 0 Å². The first-order chi connectivity index (χ1) is 8.70. The van der Waals surface area contributed by atoms with E-state index in [1.165, 1.54) is 24.8 Å². The van der Waals surface area contributed by atoms with Crippen LogP contribution in [0.15, 0.2) is 30.3 Å². The van der Waals surface area contributed by atoms with Crippen molar-refractivity contribution in [2.45, 2.75) is 57.8 Å². The smallest absolute Gasteiger partial charge is 0.303 e. The molecular formula is C16H24O2. The maximum absolute atomic E-state index is 10.3. The van der Waals surface area contributed by atoms with E-state index in [1.54, 1.807) is 0 Å². The highest BCUT2D eigenvalue weighted by molar-refractivity contribution is 5.66. The zero-order valence-electron chi connectivity index (χ0n) is 11.3. The second kappa shape index (κ2) is 8.73. The van der Waals surface area contributed by atoms with Crippen LogP contribution in [0, 0.1) is 0 Å². The van der Waals surface area contributed by atoms with Crippen molar-refractivity contribution in [3.05, 3.63) is 35.9 Å². The van der Waals surface area contributed by atoms with Gasteiger partial charge in [-0.2, -0.15) is 0 Å². The van der Waals surface area contributed by atoms with Gasteiger partial charge in [-0.15, -0.1) is 0 Å². The van der Waals surface area contributed by atoms with Gasteiger partial charge in [-0.1, -0.05) is 62.9 Å². The maximum Gasteiger partial charge on any atom is 0.303 e. The topological polar surface area (TPSA) is 37.3 Å². The fourth-order valence-electron chi connectivity index (χ4n) is 2.21. The standard InChI is InChI=1S/C16H24O2/c1-14(15-11-7-5-8-12-15)10-6-3-2-4-9-13-16(17)18/h5,7-8,11-12,14H,2-4,6,9-10,13H2,1H3,(H,17,18). The molecule has 1 aromatic carbocycles. The maximum atomic E-state index is 10.3. The molecule has 0 amide bonds. The van der Waals surface area contributed by atoms with Crippen LogP contribution in [0.1, 0.15) is 63.4 Å². The van der Waals surface area contributed by atoms with Crippen LogP contribution >= 0.6 is 0 Å². The molecule has 0 aromatic heterocycles. The molecule has 0 saturated carbocycles. The molecule has 0 aliphatic heterocycles. The van der Waals surface area contributed by atoms with Gasteiger partial charge in [0.15, 0.2) is 0 Å². The first-order valence-electron chi connectivity index (χ1n) is 6.97. The van der Waals surface area contributed by atoms with E-state index in [0.717, 1.165) is 19.3 Å². The van der Waals surface area contributed by atoms with Crippen molar-refractivity contribution < 1.29 is 9.90 Å². The van der Waals surface area contributed by atoms with Crippen LogP contribution in [-0.4, -0.2) is 11.1 Å². The van der Waals surface area contributed by atoms with Gasteiger partial charge in [-0.3, -0.25) is 4.79 Å². The van der Waals surface area contributed by atoms with Crippen LogP contribution in [0.2, 0.25) is 0 Å². The molecule has 18 heavy (non-hydrogen) atoms. The quantitative estimate of drug-likeness (QED) is 0.648. The van der Waals surface area contributed by atoms with Crippen molar-refractivity contribution in [1.29, 1.82) is 0 Å². The fraction of sp³-hybridized carbons (Fsp3) is 0.562. The molecule has 0 radical (unpaired) electrons. The molecule has 2 heteroatoms. The van der Waals surface area contributed by atoms with E-state index < -0.39 is 5.97 Å². The van der Waals surface area contributed by atoms with Gasteiger partial charge >= 0.3 is 5.97 Å². The summed E-state index contributed by atoms with van der Waals surface area (Å²) in [6.45, 7) is 2.28. The Morgan fingerprint density at radius 2 is 1.67 bits per heavy atom. The Bertz CT molecular complexity index is 332. The molecule has 1 rings (SSSR count). The lowest BCUT2D eigenvalue weighted by Crippen LogP contribution is -1.94. The number of carboxylic acids is 1. The molecule has 1 unspecified atom stereocenters. The lowest BCUT2D eigenvalue weighted by atomic mass is 9.95. The van der Waals surface area contributed by atoms with Crippen molar-refractivity contribution in [3.63, 3.8) is 0 Å². The van der Waals surface area contributed by atoms with Crippen molar-refractivity contribution in [2.75, 3.05) is 0 Å². The molecule has 1 N–H and O–H groups in total. The average molecular weight is 248 g/mol. The Morgan fingerprint density at radius 3 is 2.33 bits per heavy atom. The summed E-state index contributed by atoms with van der Waals surface area (Å²) in [5.74, 6) is -0.0436. The second-order valence-corrected chi connectivity index (χ2v) is 5.01. The molecule has 0 bridgehead atoms. The van der Waals surface area contributed by atoms with Gasteiger partial charge < -0.3 is 5.11 Å². The van der Waals surface area contributed by atoms with Crippen LogP contribution in [0.4, 0.5) is 0 Å². The molecule has 0 fully saturated rings. The molecule has 1 aromatic rings. The summed E-state index contributed by atoms with van der Waals surface area (Å²) >= 11 is 0. The van der Waals surface area contributed by atoms with E-state index in [9.17, 15) is 4.79 Å². The van der Waals surface area contributed by atoms with E-state index in [1.807, 2.05) is 0 Å². The van der Waals surface area contributed by atoms with Crippen molar-refractivity contribution in [3.8, 4) is 0 Å². The van der Waals surface area contributed by atoms with Crippen molar-refractivity contribution in [2.24, 2.45) is 0 Å². The molecule has 1 atom stereocenters. The predicted molar refractivity (Wildman–Crippen MR) is 74.8 cm³/mol. The summed E-state index contributed by atoms with van der Waals surface area (Å²) in [7, 11) is 0. The summed E-state index contributed by atoms with van der Waals surface area (Å²) in [4.78, 5) is 10.3. The number of unbranched alkanes of at least 4 members (excludes halogenated alkanes) is 4. The first kappa shape index (κ1) is 14.7. The van der Waals surface area contributed by atoms with Crippen LogP contribution in [0.25, 0.3) is 0 Å². The SMILES string of the molecule is CC(CCCCCCCC(=O)O)c1ccccc1. The van der Waals surface area contributed by atoms with Crippen molar-refractivity contribution in [1.82, 2.24) is 0 Å². The minimum atomic E-state index is -0.673. The molecule has 0 heterocycles. The Morgan fingerprint density at radius 1 is 1.06 bits per heavy atom. The van der Waals surface area contributed by atoms with Gasteiger partial charge in [-0.25, -0.2) is 0 Å². The molecular weight excluding hydrogens is 224 g/mol. The highest BCUT2D eigenvalue weighted by Crippen LogP contribution is 2.21. The fourth-order valence-corrected chi connectivity index (χ4v) is 2.21. The van der Waals surface area contributed by atoms with E-state index in [-0.39, 0.29) is 0 Å². The van der Waals surface area contributed by atoms with E-state index >= 15 is 0 Å². The first-order valence-corrected chi connectivity index (χ1v) is 6.97. The normalized spacial score (nSPS) is 12.3. The Kier molecular flexibility index (Phi) is 7.16. The number of rotatable bonds is 9. The van der Waals surface area contributed by atoms with Gasteiger partial charge in [0, 0.05) is 6.42 Å². The molecule has 0 saturated heterocycles. The summed E-state index contributed by atoms with van der Waals surface area (Å²) in [5.41, 5.74) is 1.42. The zero-order valence-corrected chi connectivity index (χ0v) is 11.3. The molecule has 0 spiro atoms. The predicted octanol–water partition coefficient (Wildman–Crippen LogP) is 4.61. The summed E-state index contributed by atoms with van der Waals surface area (Å²) in [5, 5.41) is 8.52. The summed E-state index contributed by atoms with van der Waals surface area (Å²) < 4.78 is 0. The lowest BCUT2D eigenvalue weighted by molar-refractivity contribution is -0.137. The highest BCUT2D eigenvalue weighted by Gasteiger charge is 2.04. The Labute approximate surface area is 110 Å². The molecule has 100 valence electrons. The number of carbonyl (C=O) groups is 1. The summed E-state index contributed by atoms with van der Waals surface area (Å²) in [6, 6.07) is 10.6. The third-order valence-electron chi connectivity index (χ3n) is 3.40. The van der Waals surface area contributed by atoms with E-state index in [0.29, 0.717) is 12.3 Å². The van der Waals surface area contributed by atoms with Crippen molar-refractivity contribution >= 4 is 5.97 Å². The molecule has 0 aliphatic carbocycles.